The van der Waals surface area contributed by atoms with Crippen LogP contribution in [0.15, 0.2) is 30.3 Å². The fraction of sp³-hybridized carbons (Fsp3) is 0.438. The minimum absolute atomic E-state index is 0.190. The van der Waals surface area contributed by atoms with Gasteiger partial charge in [-0.25, -0.2) is 4.98 Å². The Labute approximate surface area is 120 Å². The van der Waals surface area contributed by atoms with E-state index in [-0.39, 0.29) is 6.61 Å². The number of hydrogen-bond acceptors (Lipinski definition) is 4. The molecular formula is C16H23N3O. The van der Waals surface area contributed by atoms with Crippen LogP contribution in [-0.4, -0.2) is 41.7 Å². The summed E-state index contributed by atoms with van der Waals surface area (Å²) in [7, 11) is 1.90. The molecule has 108 valence electrons. The van der Waals surface area contributed by atoms with Crippen molar-refractivity contribution in [2.75, 3.05) is 32.1 Å². The van der Waals surface area contributed by atoms with Gasteiger partial charge in [0.05, 0.1) is 12.1 Å². The van der Waals surface area contributed by atoms with E-state index >= 15 is 0 Å². The Balaban J connectivity index is 2.31. The van der Waals surface area contributed by atoms with Gasteiger partial charge in [-0.3, -0.25) is 4.90 Å². The molecule has 20 heavy (non-hydrogen) atoms. The molecule has 2 rings (SSSR count). The van der Waals surface area contributed by atoms with Gasteiger partial charge >= 0.3 is 0 Å². The molecule has 2 aromatic rings. The quantitative estimate of drug-likeness (QED) is 0.813. The van der Waals surface area contributed by atoms with Crippen LogP contribution in [0.3, 0.4) is 0 Å². The summed E-state index contributed by atoms with van der Waals surface area (Å²) in [6.07, 6.45) is 1.08. The van der Waals surface area contributed by atoms with Crippen molar-refractivity contribution in [2.45, 2.75) is 19.9 Å². The van der Waals surface area contributed by atoms with Crippen LogP contribution in [0.1, 0.15) is 18.9 Å². The molecule has 0 aliphatic heterocycles. The van der Waals surface area contributed by atoms with Crippen LogP contribution in [0, 0.1) is 0 Å². The number of pyridine rings is 1. The number of hydrogen-bond donors (Lipinski definition) is 2. The minimum atomic E-state index is 0.190. The Bertz CT molecular complexity index is 550. The Hall–Kier alpha value is -1.65. The van der Waals surface area contributed by atoms with Gasteiger partial charge in [-0.15, -0.1) is 0 Å². The summed E-state index contributed by atoms with van der Waals surface area (Å²) in [5.74, 6) is 0.919. The summed E-state index contributed by atoms with van der Waals surface area (Å²) >= 11 is 0. The first-order valence-corrected chi connectivity index (χ1v) is 7.18. The zero-order chi connectivity index (χ0) is 14.4. The fourth-order valence-electron chi connectivity index (χ4n) is 2.47. The van der Waals surface area contributed by atoms with Gasteiger partial charge in [0.1, 0.15) is 5.82 Å². The standard InChI is InChI=1S/C16H23N3O/c1-3-8-19(9-10-20)12-14-11-13-6-4-5-7-15(13)18-16(14)17-2/h4-7,11,20H,3,8-10,12H2,1-2H3,(H,17,18). The topological polar surface area (TPSA) is 48.4 Å². The lowest BCUT2D eigenvalue weighted by Crippen LogP contribution is -2.27. The molecule has 0 amide bonds. The number of aromatic nitrogens is 1. The molecule has 0 aliphatic carbocycles. The van der Waals surface area contributed by atoms with Gasteiger partial charge in [0.15, 0.2) is 0 Å². The summed E-state index contributed by atoms with van der Waals surface area (Å²) in [4.78, 5) is 6.92. The second-order valence-electron chi connectivity index (χ2n) is 4.94. The van der Waals surface area contributed by atoms with E-state index in [1.54, 1.807) is 0 Å². The monoisotopic (exact) mass is 273 g/mol. The maximum Gasteiger partial charge on any atom is 0.130 e. The highest BCUT2D eigenvalue weighted by atomic mass is 16.3. The lowest BCUT2D eigenvalue weighted by atomic mass is 10.1. The zero-order valence-electron chi connectivity index (χ0n) is 12.3. The molecule has 0 unspecified atom stereocenters. The largest absolute Gasteiger partial charge is 0.395 e. The predicted octanol–water partition coefficient (Wildman–Crippen LogP) is 2.48. The third-order valence-corrected chi connectivity index (χ3v) is 3.39. The zero-order valence-corrected chi connectivity index (χ0v) is 12.3. The van der Waals surface area contributed by atoms with Crippen molar-refractivity contribution in [3.63, 3.8) is 0 Å². The van der Waals surface area contributed by atoms with Crippen molar-refractivity contribution >= 4 is 16.7 Å². The van der Waals surface area contributed by atoms with Gasteiger partial charge < -0.3 is 10.4 Å². The first-order chi connectivity index (χ1) is 9.78. The Morgan fingerprint density at radius 2 is 2.05 bits per heavy atom. The molecule has 0 fully saturated rings. The van der Waals surface area contributed by atoms with Crippen molar-refractivity contribution in [3.05, 3.63) is 35.9 Å². The maximum absolute atomic E-state index is 9.17. The highest BCUT2D eigenvalue weighted by Crippen LogP contribution is 2.21. The van der Waals surface area contributed by atoms with E-state index in [1.807, 2.05) is 25.2 Å². The van der Waals surface area contributed by atoms with Crippen LogP contribution < -0.4 is 5.32 Å². The van der Waals surface area contributed by atoms with Gasteiger partial charge in [0.2, 0.25) is 0 Å². The molecule has 0 saturated carbocycles. The van der Waals surface area contributed by atoms with Gasteiger partial charge in [-0.2, -0.15) is 0 Å². The lowest BCUT2D eigenvalue weighted by Gasteiger charge is -2.22. The summed E-state index contributed by atoms with van der Waals surface area (Å²) < 4.78 is 0. The van der Waals surface area contributed by atoms with E-state index in [2.05, 4.69) is 34.3 Å². The number of para-hydroxylation sites is 1. The highest BCUT2D eigenvalue weighted by Gasteiger charge is 2.10. The number of nitrogens with one attached hydrogen (secondary N) is 1. The lowest BCUT2D eigenvalue weighted by molar-refractivity contribution is 0.190. The summed E-state index contributed by atoms with van der Waals surface area (Å²) in [6.45, 7) is 4.83. The second kappa shape index (κ2) is 7.22. The fourth-order valence-corrected chi connectivity index (χ4v) is 2.47. The minimum Gasteiger partial charge on any atom is -0.395 e. The molecule has 2 N–H and O–H groups in total. The second-order valence-corrected chi connectivity index (χ2v) is 4.94. The summed E-state index contributed by atoms with van der Waals surface area (Å²) in [6, 6.07) is 10.3. The Morgan fingerprint density at radius 3 is 2.75 bits per heavy atom. The SMILES string of the molecule is CCCN(CCO)Cc1cc2ccccc2nc1NC. The number of aliphatic hydroxyl groups excluding tert-OH is 1. The molecule has 1 heterocycles. The van der Waals surface area contributed by atoms with E-state index in [4.69, 9.17) is 5.11 Å². The molecular weight excluding hydrogens is 250 g/mol. The third kappa shape index (κ3) is 3.46. The normalized spacial score (nSPS) is 11.2. The number of nitrogens with zero attached hydrogens (tertiary/aromatic N) is 2. The first-order valence-electron chi connectivity index (χ1n) is 7.18. The van der Waals surface area contributed by atoms with Crippen molar-refractivity contribution in [3.8, 4) is 0 Å². The smallest absolute Gasteiger partial charge is 0.130 e. The molecule has 0 aliphatic rings. The van der Waals surface area contributed by atoms with E-state index in [0.717, 1.165) is 36.2 Å². The molecule has 0 radical (unpaired) electrons. The number of benzene rings is 1. The number of anilines is 1. The molecule has 4 heteroatoms. The van der Waals surface area contributed by atoms with Gasteiger partial charge in [0, 0.05) is 31.1 Å². The Morgan fingerprint density at radius 1 is 1.25 bits per heavy atom. The van der Waals surface area contributed by atoms with Crippen LogP contribution in [-0.2, 0) is 6.54 Å². The average Bonchev–Trinajstić information content (AvgIpc) is 2.47. The molecule has 0 spiro atoms. The van der Waals surface area contributed by atoms with Crippen molar-refractivity contribution in [2.24, 2.45) is 0 Å². The van der Waals surface area contributed by atoms with Crippen LogP contribution in [0.5, 0.6) is 0 Å². The predicted molar refractivity (Wildman–Crippen MR) is 83.9 cm³/mol. The third-order valence-electron chi connectivity index (χ3n) is 3.39. The van der Waals surface area contributed by atoms with Gasteiger partial charge in [-0.05, 0) is 25.1 Å². The highest BCUT2D eigenvalue weighted by molar-refractivity contribution is 5.81. The van der Waals surface area contributed by atoms with Gasteiger partial charge in [-0.1, -0.05) is 25.1 Å². The van der Waals surface area contributed by atoms with Crippen molar-refractivity contribution < 1.29 is 5.11 Å². The van der Waals surface area contributed by atoms with Crippen LogP contribution >= 0.6 is 0 Å². The molecule has 0 bridgehead atoms. The van der Waals surface area contributed by atoms with E-state index in [9.17, 15) is 0 Å². The van der Waals surface area contributed by atoms with Crippen LogP contribution in [0.4, 0.5) is 5.82 Å². The molecule has 4 nitrogen and oxygen atoms in total. The van der Waals surface area contributed by atoms with Crippen LogP contribution in [0.25, 0.3) is 10.9 Å². The van der Waals surface area contributed by atoms with Crippen molar-refractivity contribution in [1.82, 2.24) is 9.88 Å². The molecule has 0 saturated heterocycles. The molecule has 1 aromatic carbocycles. The first kappa shape index (κ1) is 14.8. The maximum atomic E-state index is 9.17. The van der Waals surface area contributed by atoms with E-state index in [0.29, 0.717) is 6.54 Å². The molecule has 1 aromatic heterocycles. The summed E-state index contributed by atoms with van der Waals surface area (Å²) in [5.41, 5.74) is 2.18. The van der Waals surface area contributed by atoms with Crippen LogP contribution in [0.2, 0.25) is 0 Å². The number of aliphatic hydroxyl groups is 1. The van der Waals surface area contributed by atoms with Gasteiger partial charge in [0.25, 0.3) is 0 Å². The number of fused-ring (bicyclic) bond motifs is 1. The van der Waals surface area contributed by atoms with E-state index < -0.39 is 0 Å². The molecule has 0 atom stereocenters. The summed E-state index contributed by atoms with van der Waals surface area (Å²) in [5, 5.41) is 13.5. The van der Waals surface area contributed by atoms with Crippen molar-refractivity contribution in [1.29, 1.82) is 0 Å². The van der Waals surface area contributed by atoms with E-state index in [1.165, 1.54) is 5.56 Å². The Kier molecular flexibility index (Phi) is 5.32. The number of rotatable bonds is 7. The average molecular weight is 273 g/mol.